The highest BCUT2D eigenvalue weighted by Crippen LogP contribution is 2.25. The van der Waals surface area contributed by atoms with Gasteiger partial charge in [-0.05, 0) is 35.0 Å². The average Bonchev–Trinajstić information content (AvgIpc) is 3.13. The maximum Gasteiger partial charge on any atom is 0.250 e. The summed E-state index contributed by atoms with van der Waals surface area (Å²) in [5.41, 5.74) is 3.35. The molecule has 1 atom stereocenters. The third-order valence-electron chi connectivity index (χ3n) is 4.25. The van der Waals surface area contributed by atoms with Gasteiger partial charge in [-0.3, -0.25) is 0 Å². The van der Waals surface area contributed by atoms with Gasteiger partial charge in [0.2, 0.25) is 0 Å². The zero-order valence-electron chi connectivity index (χ0n) is 13.5. The highest BCUT2D eigenvalue weighted by atomic mass is 16.5. The minimum absolute atomic E-state index is 0.0307. The fraction of sp³-hybridized carbons (Fsp3) is 0.278. The minimum atomic E-state index is 0.0307. The first-order valence-electron chi connectivity index (χ1n) is 8.08. The summed E-state index contributed by atoms with van der Waals surface area (Å²) in [6.45, 7) is 4.23. The molecule has 1 aromatic heterocycles. The molecule has 3 aromatic rings. The molecular formula is C18H19N5O. The summed E-state index contributed by atoms with van der Waals surface area (Å²) in [5.74, 6) is 0.753. The largest absolute Gasteiger partial charge is 0.370 e. The summed E-state index contributed by atoms with van der Waals surface area (Å²) in [6, 6.07) is 18.5. The maximum atomic E-state index is 5.93. The highest BCUT2D eigenvalue weighted by molar-refractivity contribution is 5.42. The van der Waals surface area contributed by atoms with Crippen molar-refractivity contribution in [2.24, 2.45) is 0 Å². The van der Waals surface area contributed by atoms with Gasteiger partial charge in [0.1, 0.15) is 6.10 Å². The Morgan fingerprint density at radius 1 is 1.04 bits per heavy atom. The van der Waals surface area contributed by atoms with E-state index < -0.39 is 0 Å². The van der Waals surface area contributed by atoms with E-state index >= 15 is 0 Å². The van der Waals surface area contributed by atoms with E-state index in [1.807, 2.05) is 30.3 Å². The van der Waals surface area contributed by atoms with Gasteiger partial charge < -0.3 is 9.64 Å². The molecule has 0 saturated carbocycles. The van der Waals surface area contributed by atoms with Crippen LogP contribution in [0.1, 0.15) is 17.2 Å². The van der Waals surface area contributed by atoms with E-state index in [0.29, 0.717) is 6.61 Å². The molecule has 0 bridgehead atoms. The van der Waals surface area contributed by atoms with Crippen LogP contribution in [0.3, 0.4) is 0 Å². The lowest BCUT2D eigenvalue weighted by molar-refractivity contribution is 0.0391. The van der Waals surface area contributed by atoms with Crippen LogP contribution in [0.4, 0.5) is 5.95 Å². The average molecular weight is 321 g/mol. The van der Waals surface area contributed by atoms with E-state index in [1.165, 1.54) is 11.1 Å². The number of rotatable bonds is 3. The number of anilines is 1. The number of nitrogens with zero attached hydrogens (tertiary/aromatic N) is 5. The fourth-order valence-corrected chi connectivity index (χ4v) is 2.93. The molecule has 0 spiro atoms. The topological polar surface area (TPSA) is 56.1 Å². The van der Waals surface area contributed by atoms with Crippen LogP contribution in [-0.4, -0.2) is 39.9 Å². The van der Waals surface area contributed by atoms with Crippen molar-refractivity contribution in [1.82, 2.24) is 20.2 Å². The molecule has 6 heteroatoms. The second-order valence-electron chi connectivity index (χ2n) is 5.94. The lowest BCUT2D eigenvalue weighted by atomic mass is 10.1. The van der Waals surface area contributed by atoms with Gasteiger partial charge in [-0.2, -0.15) is 4.68 Å². The Kier molecular flexibility index (Phi) is 3.96. The lowest BCUT2D eigenvalue weighted by Crippen LogP contribution is -2.39. The summed E-state index contributed by atoms with van der Waals surface area (Å²) in [5, 5.41) is 12.3. The summed E-state index contributed by atoms with van der Waals surface area (Å²) >= 11 is 0. The third-order valence-corrected chi connectivity index (χ3v) is 4.25. The second-order valence-corrected chi connectivity index (χ2v) is 5.94. The third kappa shape index (κ3) is 2.88. The molecule has 1 aliphatic rings. The predicted octanol–water partition coefficient (Wildman–Crippen LogP) is 2.55. The normalized spacial score (nSPS) is 17.9. The van der Waals surface area contributed by atoms with E-state index in [2.05, 4.69) is 51.6 Å². The maximum absolute atomic E-state index is 5.93. The Hall–Kier alpha value is -2.73. The smallest absolute Gasteiger partial charge is 0.250 e. The number of benzene rings is 2. The molecule has 0 amide bonds. The van der Waals surface area contributed by atoms with Crippen LogP contribution >= 0.6 is 0 Å². The molecule has 6 nitrogen and oxygen atoms in total. The first-order chi connectivity index (χ1) is 11.8. The van der Waals surface area contributed by atoms with Crippen LogP contribution in [0.5, 0.6) is 0 Å². The Morgan fingerprint density at radius 2 is 1.83 bits per heavy atom. The molecule has 4 rings (SSSR count). The standard InChI is InChI=1S/C18H19N5O/c1-14-7-9-16(10-8-14)23-18(19-20-21-23)22-11-12-24-17(13-22)15-5-3-2-4-6-15/h2-10,17H,11-13H2,1H3. The molecule has 0 aliphatic carbocycles. The molecule has 24 heavy (non-hydrogen) atoms. The van der Waals surface area contributed by atoms with E-state index in [-0.39, 0.29) is 6.10 Å². The van der Waals surface area contributed by atoms with E-state index in [4.69, 9.17) is 4.74 Å². The van der Waals surface area contributed by atoms with Crippen LogP contribution in [0.15, 0.2) is 54.6 Å². The number of aromatic nitrogens is 4. The Morgan fingerprint density at radius 3 is 2.62 bits per heavy atom. The van der Waals surface area contributed by atoms with Gasteiger partial charge in [0.15, 0.2) is 0 Å². The van der Waals surface area contributed by atoms with Crippen LogP contribution in [0.25, 0.3) is 5.69 Å². The van der Waals surface area contributed by atoms with Gasteiger partial charge >= 0.3 is 0 Å². The Bertz CT molecular complexity index is 800. The van der Waals surface area contributed by atoms with Crippen molar-refractivity contribution in [2.45, 2.75) is 13.0 Å². The Balaban J connectivity index is 1.60. The van der Waals surface area contributed by atoms with Crippen molar-refractivity contribution in [3.05, 3.63) is 65.7 Å². The highest BCUT2D eigenvalue weighted by Gasteiger charge is 2.25. The number of ether oxygens (including phenoxy) is 1. The molecule has 1 unspecified atom stereocenters. The zero-order valence-corrected chi connectivity index (χ0v) is 13.5. The van der Waals surface area contributed by atoms with E-state index in [9.17, 15) is 0 Å². The zero-order chi connectivity index (χ0) is 16.4. The summed E-state index contributed by atoms with van der Waals surface area (Å²) in [4.78, 5) is 2.18. The van der Waals surface area contributed by atoms with E-state index in [0.717, 1.165) is 24.7 Å². The minimum Gasteiger partial charge on any atom is -0.370 e. The van der Waals surface area contributed by atoms with Crippen molar-refractivity contribution in [3.8, 4) is 5.69 Å². The molecule has 2 aromatic carbocycles. The van der Waals surface area contributed by atoms with Gasteiger partial charge in [0.25, 0.3) is 5.95 Å². The molecule has 1 fully saturated rings. The first-order valence-corrected chi connectivity index (χ1v) is 8.08. The number of aryl methyl sites for hydroxylation is 1. The lowest BCUT2D eigenvalue weighted by Gasteiger charge is -2.33. The van der Waals surface area contributed by atoms with Crippen molar-refractivity contribution >= 4 is 5.95 Å². The molecule has 122 valence electrons. The van der Waals surface area contributed by atoms with Crippen LogP contribution in [0.2, 0.25) is 0 Å². The van der Waals surface area contributed by atoms with Crippen molar-refractivity contribution in [2.75, 3.05) is 24.6 Å². The predicted molar refractivity (Wildman–Crippen MR) is 91.2 cm³/mol. The Labute approximate surface area is 140 Å². The molecule has 0 N–H and O–H groups in total. The second kappa shape index (κ2) is 6.41. The van der Waals surface area contributed by atoms with E-state index in [1.54, 1.807) is 4.68 Å². The molecular weight excluding hydrogens is 302 g/mol. The monoisotopic (exact) mass is 321 g/mol. The quantitative estimate of drug-likeness (QED) is 0.742. The summed E-state index contributed by atoms with van der Waals surface area (Å²) in [7, 11) is 0. The SMILES string of the molecule is Cc1ccc(-n2nnnc2N2CCOC(c3ccccc3)C2)cc1. The molecule has 1 saturated heterocycles. The molecule has 1 aliphatic heterocycles. The van der Waals surface area contributed by atoms with Gasteiger partial charge in [-0.1, -0.05) is 53.1 Å². The first kappa shape index (κ1) is 14.8. The van der Waals surface area contributed by atoms with Crippen LogP contribution in [-0.2, 0) is 4.74 Å². The molecule has 0 radical (unpaired) electrons. The number of hydrogen-bond donors (Lipinski definition) is 0. The summed E-state index contributed by atoms with van der Waals surface area (Å²) < 4.78 is 7.72. The van der Waals surface area contributed by atoms with Gasteiger partial charge in [0, 0.05) is 6.54 Å². The van der Waals surface area contributed by atoms with Crippen molar-refractivity contribution in [1.29, 1.82) is 0 Å². The number of tetrazole rings is 1. The number of morpholine rings is 1. The van der Waals surface area contributed by atoms with Gasteiger partial charge in [0.05, 0.1) is 18.8 Å². The van der Waals surface area contributed by atoms with Crippen molar-refractivity contribution in [3.63, 3.8) is 0 Å². The van der Waals surface area contributed by atoms with Crippen LogP contribution < -0.4 is 4.90 Å². The van der Waals surface area contributed by atoms with Gasteiger partial charge in [-0.15, -0.1) is 0 Å². The number of hydrogen-bond acceptors (Lipinski definition) is 5. The van der Waals surface area contributed by atoms with Crippen LogP contribution in [0, 0.1) is 6.92 Å². The molecule has 2 heterocycles. The summed E-state index contributed by atoms with van der Waals surface area (Å²) in [6.07, 6.45) is 0.0307. The van der Waals surface area contributed by atoms with Gasteiger partial charge in [-0.25, -0.2) is 0 Å². The van der Waals surface area contributed by atoms with Crippen molar-refractivity contribution < 1.29 is 4.74 Å². The fourth-order valence-electron chi connectivity index (χ4n) is 2.93.